The molecule has 0 saturated carbocycles. The second-order valence-corrected chi connectivity index (χ2v) is 2.73. The Morgan fingerprint density at radius 1 is 1.57 bits per heavy atom. The second kappa shape index (κ2) is 5.29. The van der Waals surface area contributed by atoms with Crippen molar-refractivity contribution in [1.29, 1.82) is 0 Å². The highest BCUT2D eigenvalue weighted by Crippen LogP contribution is 1.95. The summed E-state index contributed by atoms with van der Waals surface area (Å²) in [5, 5.41) is 0. The van der Waals surface area contributed by atoms with E-state index < -0.39 is 12.0 Å². The molecule has 0 aliphatic rings. The Balaban J connectivity index is 2.49. The molecule has 0 bridgehead atoms. The lowest BCUT2D eigenvalue weighted by Gasteiger charge is -2.08. The molecular weight excluding hydrogens is 182 g/mol. The van der Waals surface area contributed by atoms with E-state index in [4.69, 9.17) is 10.5 Å². The standard InChI is InChI=1S/C9H13N3O2/c1-2-14-9(13)7(10)6-8-11-4-3-5-12-8/h3-5,7H,2,6,10H2,1H3/t7-/m0/s1. The molecule has 0 saturated heterocycles. The van der Waals surface area contributed by atoms with Crippen LogP contribution in [-0.4, -0.2) is 28.6 Å². The highest BCUT2D eigenvalue weighted by atomic mass is 16.5. The number of carbonyl (C=O) groups excluding carboxylic acids is 1. The number of rotatable bonds is 4. The van der Waals surface area contributed by atoms with Crippen LogP contribution in [0.15, 0.2) is 18.5 Å². The third-order valence-electron chi connectivity index (χ3n) is 1.61. The lowest BCUT2D eigenvalue weighted by molar-refractivity contribution is -0.144. The first-order valence-electron chi connectivity index (χ1n) is 4.42. The normalized spacial score (nSPS) is 12.1. The first-order chi connectivity index (χ1) is 6.74. The lowest BCUT2D eigenvalue weighted by atomic mass is 10.2. The SMILES string of the molecule is CCOC(=O)[C@@H](N)Cc1ncccn1. The number of carbonyl (C=O) groups is 1. The predicted octanol–water partition coefficient (Wildman–Crippen LogP) is -0.0905. The summed E-state index contributed by atoms with van der Waals surface area (Å²) in [5.74, 6) is 0.132. The van der Waals surface area contributed by atoms with Crippen molar-refractivity contribution in [2.24, 2.45) is 5.73 Å². The minimum atomic E-state index is -0.683. The van der Waals surface area contributed by atoms with Crippen LogP contribution in [0.2, 0.25) is 0 Å². The quantitative estimate of drug-likeness (QED) is 0.679. The zero-order valence-electron chi connectivity index (χ0n) is 8.01. The molecule has 0 aromatic carbocycles. The van der Waals surface area contributed by atoms with Gasteiger partial charge in [0.2, 0.25) is 0 Å². The van der Waals surface area contributed by atoms with Crippen LogP contribution < -0.4 is 5.73 Å². The summed E-state index contributed by atoms with van der Waals surface area (Å²) in [4.78, 5) is 19.1. The van der Waals surface area contributed by atoms with Crippen molar-refractivity contribution in [2.45, 2.75) is 19.4 Å². The summed E-state index contributed by atoms with van der Waals surface area (Å²) in [6.45, 7) is 2.08. The maximum absolute atomic E-state index is 11.1. The van der Waals surface area contributed by atoms with Gasteiger partial charge >= 0.3 is 5.97 Å². The highest BCUT2D eigenvalue weighted by Gasteiger charge is 2.15. The maximum atomic E-state index is 11.1. The van der Waals surface area contributed by atoms with Crippen LogP contribution in [0.25, 0.3) is 0 Å². The van der Waals surface area contributed by atoms with Gasteiger partial charge in [-0.2, -0.15) is 0 Å². The van der Waals surface area contributed by atoms with Gasteiger partial charge < -0.3 is 10.5 Å². The second-order valence-electron chi connectivity index (χ2n) is 2.73. The van der Waals surface area contributed by atoms with Crippen LogP contribution in [0.1, 0.15) is 12.7 Å². The van der Waals surface area contributed by atoms with Crippen molar-refractivity contribution in [3.8, 4) is 0 Å². The summed E-state index contributed by atoms with van der Waals surface area (Å²) >= 11 is 0. The maximum Gasteiger partial charge on any atom is 0.323 e. The Labute approximate surface area is 82.3 Å². The molecule has 1 aromatic rings. The molecule has 5 heteroatoms. The van der Waals surface area contributed by atoms with E-state index in [0.717, 1.165) is 0 Å². The zero-order valence-corrected chi connectivity index (χ0v) is 8.01. The Bertz CT molecular complexity index is 289. The van der Waals surface area contributed by atoms with E-state index in [1.807, 2.05) is 0 Å². The Morgan fingerprint density at radius 2 is 2.21 bits per heavy atom. The van der Waals surface area contributed by atoms with Gasteiger partial charge in [-0.1, -0.05) is 0 Å². The molecule has 1 heterocycles. The van der Waals surface area contributed by atoms with Gasteiger partial charge in [-0.15, -0.1) is 0 Å². The predicted molar refractivity (Wildman–Crippen MR) is 50.3 cm³/mol. The van der Waals surface area contributed by atoms with Crippen LogP contribution in [0, 0.1) is 0 Å². The molecule has 0 fully saturated rings. The summed E-state index contributed by atoms with van der Waals surface area (Å²) < 4.78 is 4.76. The largest absolute Gasteiger partial charge is 0.465 e. The minimum absolute atomic E-state index is 0.305. The van der Waals surface area contributed by atoms with Crippen LogP contribution in [-0.2, 0) is 16.0 Å². The van der Waals surface area contributed by atoms with Gasteiger partial charge in [0, 0.05) is 18.8 Å². The number of aromatic nitrogens is 2. The van der Waals surface area contributed by atoms with E-state index in [1.54, 1.807) is 25.4 Å². The molecule has 1 rings (SSSR count). The number of hydrogen-bond acceptors (Lipinski definition) is 5. The van der Waals surface area contributed by atoms with Gasteiger partial charge in [0.1, 0.15) is 11.9 Å². The smallest absolute Gasteiger partial charge is 0.323 e. The van der Waals surface area contributed by atoms with Gasteiger partial charge in [0.15, 0.2) is 0 Å². The van der Waals surface area contributed by atoms with Gasteiger partial charge in [-0.05, 0) is 13.0 Å². The van der Waals surface area contributed by atoms with Crippen LogP contribution in [0.4, 0.5) is 0 Å². The molecule has 0 spiro atoms. The van der Waals surface area contributed by atoms with E-state index in [1.165, 1.54) is 0 Å². The molecule has 2 N–H and O–H groups in total. The van der Waals surface area contributed by atoms with Crippen LogP contribution in [0.3, 0.4) is 0 Å². The van der Waals surface area contributed by atoms with Crippen molar-refractivity contribution < 1.29 is 9.53 Å². The van der Waals surface area contributed by atoms with Gasteiger partial charge in [0.05, 0.1) is 6.61 Å². The van der Waals surface area contributed by atoms with Crippen LogP contribution >= 0.6 is 0 Å². The number of nitrogens with two attached hydrogens (primary N) is 1. The Kier molecular flexibility index (Phi) is 4.00. The molecule has 1 atom stereocenters. The van der Waals surface area contributed by atoms with Crippen molar-refractivity contribution in [3.63, 3.8) is 0 Å². The van der Waals surface area contributed by atoms with Crippen molar-refractivity contribution in [2.75, 3.05) is 6.61 Å². The molecule has 0 aliphatic carbocycles. The molecule has 0 unspecified atom stereocenters. The fraction of sp³-hybridized carbons (Fsp3) is 0.444. The van der Waals surface area contributed by atoms with Crippen molar-refractivity contribution >= 4 is 5.97 Å². The number of esters is 1. The third-order valence-corrected chi connectivity index (χ3v) is 1.61. The third kappa shape index (κ3) is 3.10. The molecule has 0 radical (unpaired) electrons. The number of nitrogens with zero attached hydrogens (tertiary/aromatic N) is 2. The zero-order chi connectivity index (χ0) is 10.4. The summed E-state index contributed by atoms with van der Waals surface area (Å²) in [7, 11) is 0. The van der Waals surface area contributed by atoms with Crippen molar-refractivity contribution in [3.05, 3.63) is 24.3 Å². The molecule has 0 aliphatic heterocycles. The van der Waals surface area contributed by atoms with E-state index in [9.17, 15) is 4.79 Å². The molecule has 14 heavy (non-hydrogen) atoms. The van der Waals surface area contributed by atoms with Gasteiger partial charge in [-0.25, -0.2) is 9.97 Å². The Hall–Kier alpha value is -1.49. The van der Waals surface area contributed by atoms with Crippen molar-refractivity contribution in [1.82, 2.24) is 9.97 Å². The lowest BCUT2D eigenvalue weighted by Crippen LogP contribution is -2.34. The topological polar surface area (TPSA) is 78.1 Å². The average Bonchev–Trinajstić information content (AvgIpc) is 2.19. The summed E-state index contributed by atoms with van der Waals surface area (Å²) in [6, 6.07) is 1.02. The van der Waals surface area contributed by atoms with Crippen LogP contribution in [0.5, 0.6) is 0 Å². The van der Waals surface area contributed by atoms with Gasteiger partial charge in [0.25, 0.3) is 0 Å². The van der Waals surface area contributed by atoms with E-state index >= 15 is 0 Å². The fourth-order valence-corrected chi connectivity index (χ4v) is 0.965. The first-order valence-corrected chi connectivity index (χ1v) is 4.42. The number of ether oxygens (including phenoxy) is 1. The minimum Gasteiger partial charge on any atom is -0.465 e. The average molecular weight is 195 g/mol. The van der Waals surface area contributed by atoms with E-state index in [-0.39, 0.29) is 0 Å². The monoisotopic (exact) mass is 195 g/mol. The molecular formula is C9H13N3O2. The molecule has 1 aromatic heterocycles. The van der Waals surface area contributed by atoms with Gasteiger partial charge in [-0.3, -0.25) is 4.79 Å². The van der Waals surface area contributed by atoms with E-state index in [0.29, 0.717) is 18.9 Å². The molecule has 0 amide bonds. The summed E-state index contributed by atoms with van der Waals surface area (Å²) in [5.41, 5.74) is 5.58. The fourth-order valence-electron chi connectivity index (χ4n) is 0.965. The summed E-state index contributed by atoms with van der Waals surface area (Å²) in [6.07, 6.45) is 3.53. The highest BCUT2D eigenvalue weighted by molar-refractivity contribution is 5.75. The number of hydrogen-bond donors (Lipinski definition) is 1. The molecule has 5 nitrogen and oxygen atoms in total. The van der Waals surface area contributed by atoms with E-state index in [2.05, 4.69) is 9.97 Å². The Morgan fingerprint density at radius 3 is 2.79 bits per heavy atom. The first kappa shape index (κ1) is 10.6. The molecule has 76 valence electrons.